The third-order valence-corrected chi connectivity index (χ3v) is 6.76. The van der Waals surface area contributed by atoms with E-state index in [2.05, 4.69) is 26.3 Å². The molecule has 10 nitrogen and oxygen atoms in total. The molecule has 0 saturated carbocycles. The lowest BCUT2D eigenvalue weighted by molar-refractivity contribution is 0.138. The Kier molecular flexibility index (Phi) is 6.29. The molecular formula is C20H24ClN7O3S. The molecule has 0 unspecified atom stereocenters. The molecule has 2 aromatic heterocycles. The normalized spacial score (nSPS) is 18.2. The van der Waals surface area contributed by atoms with Gasteiger partial charge in [0.1, 0.15) is 17.3 Å². The monoisotopic (exact) mass is 477 g/mol. The summed E-state index contributed by atoms with van der Waals surface area (Å²) in [6.07, 6.45) is 5.73. The van der Waals surface area contributed by atoms with E-state index in [4.69, 9.17) is 32.0 Å². The summed E-state index contributed by atoms with van der Waals surface area (Å²) in [7, 11) is -1.18. The maximum atomic E-state index is 12.6. The minimum atomic E-state index is -1.18. The summed E-state index contributed by atoms with van der Waals surface area (Å²) < 4.78 is 17.5. The third kappa shape index (κ3) is 4.99. The summed E-state index contributed by atoms with van der Waals surface area (Å²) in [5, 5.41) is 3.77. The van der Waals surface area contributed by atoms with E-state index in [0.29, 0.717) is 52.8 Å². The molecule has 170 valence electrons. The SMILES string of the molecule is CC(C)(COC(N)=O)Nc1nc(N2CC=C(c3ncc(Cl)cn3)CC2)nc2c1[S@](=O)CC2. The number of fused-ring (bicyclic) bond motifs is 1. The summed E-state index contributed by atoms with van der Waals surface area (Å²) in [6, 6.07) is 0. The van der Waals surface area contributed by atoms with Gasteiger partial charge in [-0.25, -0.2) is 19.7 Å². The van der Waals surface area contributed by atoms with Crippen molar-refractivity contribution in [3.63, 3.8) is 0 Å². The first-order valence-electron chi connectivity index (χ1n) is 10.1. The summed E-state index contributed by atoms with van der Waals surface area (Å²) in [6.45, 7) is 5.03. The quantitative estimate of drug-likeness (QED) is 0.641. The van der Waals surface area contributed by atoms with Gasteiger partial charge >= 0.3 is 6.09 Å². The van der Waals surface area contributed by atoms with Gasteiger partial charge in [-0.15, -0.1) is 0 Å². The second kappa shape index (κ2) is 8.99. The predicted octanol–water partition coefficient (Wildman–Crippen LogP) is 2.16. The number of halogens is 1. The van der Waals surface area contributed by atoms with Crippen molar-refractivity contribution in [2.24, 2.45) is 5.73 Å². The Morgan fingerprint density at radius 3 is 2.72 bits per heavy atom. The fraction of sp³-hybridized carbons (Fsp3) is 0.450. The van der Waals surface area contributed by atoms with Gasteiger partial charge in [0.2, 0.25) is 5.95 Å². The number of anilines is 2. The molecule has 0 radical (unpaired) electrons. The van der Waals surface area contributed by atoms with E-state index in [-0.39, 0.29) is 6.61 Å². The van der Waals surface area contributed by atoms with E-state index in [1.165, 1.54) is 0 Å². The van der Waals surface area contributed by atoms with E-state index in [1.54, 1.807) is 12.4 Å². The molecule has 4 rings (SSSR count). The molecule has 12 heteroatoms. The van der Waals surface area contributed by atoms with Crippen LogP contribution in [-0.2, 0) is 22.0 Å². The minimum Gasteiger partial charge on any atom is -0.447 e. The van der Waals surface area contributed by atoms with Crippen molar-refractivity contribution < 1.29 is 13.7 Å². The number of hydrogen-bond donors (Lipinski definition) is 2. The van der Waals surface area contributed by atoms with Gasteiger partial charge in [0.15, 0.2) is 5.82 Å². The Labute approximate surface area is 193 Å². The first kappa shape index (κ1) is 22.4. The molecule has 0 bridgehead atoms. The zero-order valence-electron chi connectivity index (χ0n) is 17.8. The van der Waals surface area contributed by atoms with Gasteiger partial charge in [0.05, 0.1) is 27.1 Å². The molecule has 2 aliphatic heterocycles. The van der Waals surface area contributed by atoms with Crippen LogP contribution in [0.15, 0.2) is 23.4 Å². The number of nitrogens with two attached hydrogens (primary N) is 1. The fourth-order valence-corrected chi connectivity index (χ4v) is 4.95. The van der Waals surface area contributed by atoms with Crippen LogP contribution in [0.2, 0.25) is 5.02 Å². The highest BCUT2D eigenvalue weighted by Gasteiger charge is 2.31. The first-order valence-corrected chi connectivity index (χ1v) is 11.8. The van der Waals surface area contributed by atoms with Crippen LogP contribution in [0.1, 0.15) is 31.8 Å². The van der Waals surface area contributed by atoms with Crippen LogP contribution in [0.3, 0.4) is 0 Å². The summed E-state index contributed by atoms with van der Waals surface area (Å²) in [5.74, 6) is 2.23. The van der Waals surface area contributed by atoms with Crippen LogP contribution in [0.25, 0.3) is 5.57 Å². The highest BCUT2D eigenvalue weighted by molar-refractivity contribution is 7.85. The van der Waals surface area contributed by atoms with Crippen molar-refractivity contribution in [3.05, 3.63) is 35.0 Å². The fourth-order valence-electron chi connectivity index (χ4n) is 3.55. The first-order chi connectivity index (χ1) is 15.2. The van der Waals surface area contributed by atoms with E-state index in [0.717, 1.165) is 17.7 Å². The van der Waals surface area contributed by atoms with Gasteiger partial charge < -0.3 is 20.7 Å². The Balaban J connectivity index is 1.58. The van der Waals surface area contributed by atoms with E-state index in [9.17, 15) is 9.00 Å². The van der Waals surface area contributed by atoms with Crippen molar-refractivity contribution in [1.29, 1.82) is 0 Å². The predicted molar refractivity (Wildman–Crippen MR) is 122 cm³/mol. The number of amides is 1. The van der Waals surface area contributed by atoms with Gasteiger partial charge in [-0.3, -0.25) is 4.21 Å². The number of nitrogens with one attached hydrogen (secondary N) is 1. The number of hydrogen-bond acceptors (Lipinski definition) is 9. The number of ether oxygens (including phenoxy) is 1. The summed E-state index contributed by atoms with van der Waals surface area (Å²) >= 11 is 5.88. The van der Waals surface area contributed by atoms with E-state index in [1.807, 2.05) is 13.8 Å². The van der Waals surface area contributed by atoms with Gasteiger partial charge in [-0.2, -0.15) is 4.98 Å². The van der Waals surface area contributed by atoms with Crippen molar-refractivity contribution in [3.8, 4) is 0 Å². The van der Waals surface area contributed by atoms with E-state index >= 15 is 0 Å². The molecule has 2 aliphatic rings. The van der Waals surface area contributed by atoms with Crippen LogP contribution in [0.4, 0.5) is 16.6 Å². The average Bonchev–Trinajstić information content (AvgIpc) is 3.14. The van der Waals surface area contributed by atoms with Crippen LogP contribution in [0.5, 0.6) is 0 Å². The number of carbonyl (C=O) groups excluding carboxylic acids is 1. The summed E-state index contributed by atoms with van der Waals surface area (Å²) in [5.41, 5.74) is 6.25. The molecule has 2 aromatic rings. The number of aromatic nitrogens is 4. The molecular weight excluding hydrogens is 454 g/mol. The second-order valence-corrected chi connectivity index (χ2v) is 10.2. The Bertz CT molecular complexity index is 1090. The van der Waals surface area contributed by atoms with Crippen molar-refractivity contribution in [1.82, 2.24) is 19.9 Å². The third-order valence-electron chi connectivity index (χ3n) is 5.11. The van der Waals surface area contributed by atoms with Crippen LogP contribution in [0, 0.1) is 0 Å². The van der Waals surface area contributed by atoms with Crippen molar-refractivity contribution in [2.75, 3.05) is 35.7 Å². The molecule has 0 aromatic carbocycles. The number of rotatable bonds is 6. The smallest absolute Gasteiger partial charge is 0.404 e. The van der Waals surface area contributed by atoms with Crippen LogP contribution >= 0.6 is 11.6 Å². The number of primary amides is 1. The Hall–Kier alpha value is -2.79. The molecule has 1 amide bonds. The van der Waals surface area contributed by atoms with Gasteiger partial charge in [-0.05, 0) is 25.8 Å². The molecule has 4 heterocycles. The van der Waals surface area contributed by atoms with Crippen molar-refractivity contribution in [2.45, 2.75) is 37.1 Å². The second-order valence-electron chi connectivity index (χ2n) is 8.21. The van der Waals surface area contributed by atoms with Gasteiger partial charge in [0, 0.05) is 37.7 Å². The standard InChI is InChI=1S/C20H24ClN7O3S/c1-20(2,11-31-18(22)29)27-17-15-14(5-8-32(15)30)25-19(26-17)28-6-3-12(4-7-28)16-23-9-13(21)10-24-16/h3,9-10H,4-8,11H2,1-2H3,(H2,22,29)(H,25,26,27)/t32-/m1/s1. The highest BCUT2D eigenvalue weighted by atomic mass is 35.5. The Morgan fingerprint density at radius 1 is 1.31 bits per heavy atom. The number of carbonyl (C=O) groups is 1. The van der Waals surface area contributed by atoms with Gasteiger partial charge in [-0.1, -0.05) is 17.7 Å². The van der Waals surface area contributed by atoms with Crippen LogP contribution in [-0.4, -0.2) is 61.2 Å². The molecule has 32 heavy (non-hydrogen) atoms. The maximum Gasteiger partial charge on any atom is 0.404 e. The lowest BCUT2D eigenvalue weighted by Gasteiger charge is -2.29. The summed E-state index contributed by atoms with van der Waals surface area (Å²) in [4.78, 5) is 31.7. The maximum absolute atomic E-state index is 12.6. The lowest BCUT2D eigenvalue weighted by Crippen LogP contribution is -2.39. The topological polar surface area (TPSA) is 136 Å². The van der Waals surface area contributed by atoms with Crippen molar-refractivity contribution >= 4 is 45.8 Å². The van der Waals surface area contributed by atoms with Gasteiger partial charge in [0.25, 0.3) is 0 Å². The lowest BCUT2D eigenvalue weighted by atomic mass is 10.1. The van der Waals surface area contributed by atoms with E-state index < -0.39 is 22.4 Å². The molecule has 0 spiro atoms. The van der Waals surface area contributed by atoms with Crippen LogP contribution < -0.4 is 16.0 Å². The molecule has 3 N–H and O–H groups in total. The Morgan fingerprint density at radius 2 is 2.06 bits per heavy atom. The minimum absolute atomic E-state index is 0.0416. The highest BCUT2D eigenvalue weighted by Crippen LogP contribution is 2.32. The molecule has 0 fully saturated rings. The number of aryl methyl sites for hydroxylation is 1. The average molecular weight is 478 g/mol. The largest absolute Gasteiger partial charge is 0.447 e. The molecule has 0 saturated heterocycles. The molecule has 1 atom stereocenters. The zero-order chi connectivity index (χ0) is 22.9. The zero-order valence-corrected chi connectivity index (χ0v) is 19.4. The number of nitrogens with zero attached hydrogens (tertiary/aromatic N) is 5. The molecule has 0 aliphatic carbocycles.